The van der Waals surface area contributed by atoms with E-state index in [-0.39, 0.29) is 5.92 Å². The highest BCUT2D eigenvalue weighted by atomic mass is 16.5. The molecule has 2 fully saturated rings. The van der Waals surface area contributed by atoms with Gasteiger partial charge < -0.3 is 4.74 Å². The van der Waals surface area contributed by atoms with Crippen molar-refractivity contribution in [3.05, 3.63) is 0 Å². The van der Waals surface area contributed by atoms with E-state index >= 15 is 0 Å². The van der Waals surface area contributed by atoms with E-state index in [0.29, 0.717) is 31.5 Å². The van der Waals surface area contributed by atoms with E-state index in [2.05, 4.69) is 11.8 Å². The largest absolute Gasteiger partial charge is 0.380 e. The van der Waals surface area contributed by atoms with E-state index in [4.69, 9.17) is 4.74 Å². The van der Waals surface area contributed by atoms with E-state index in [1.807, 2.05) is 0 Å². The Morgan fingerprint density at radius 2 is 2.24 bits per heavy atom. The first-order chi connectivity index (χ1) is 8.31. The summed E-state index contributed by atoms with van der Waals surface area (Å²) in [5, 5.41) is 0. The van der Waals surface area contributed by atoms with Crippen LogP contribution in [0, 0.1) is 5.92 Å². The fourth-order valence-corrected chi connectivity index (χ4v) is 3.07. The Balaban J connectivity index is 1.91. The molecular formula is C14H25NO2. The molecule has 2 aliphatic rings. The van der Waals surface area contributed by atoms with Crippen molar-refractivity contribution in [1.29, 1.82) is 0 Å². The molecule has 3 nitrogen and oxygen atoms in total. The molecule has 2 rings (SSSR count). The van der Waals surface area contributed by atoms with E-state index in [0.717, 1.165) is 6.54 Å². The summed E-state index contributed by atoms with van der Waals surface area (Å²) in [7, 11) is 0. The molecule has 3 heteroatoms. The van der Waals surface area contributed by atoms with E-state index < -0.39 is 0 Å². The van der Waals surface area contributed by atoms with Crippen molar-refractivity contribution in [2.24, 2.45) is 5.92 Å². The monoisotopic (exact) mass is 239 g/mol. The summed E-state index contributed by atoms with van der Waals surface area (Å²) in [6, 6.07) is 0.687. The average Bonchev–Trinajstić information content (AvgIpc) is 2.57. The van der Waals surface area contributed by atoms with Crippen LogP contribution >= 0.6 is 0 Å². The van der Waals surface area contributed by atoms with Crippen molar-refractivity contribution in [3.63, 3.8) is 0 Å². The normalized spacial score (nSPS) is 32.4. The molecule has 0 aliphatic carbocycles. The lowest BCUT2D eigenvalue weighted by Gasteiger charge is -2.33. The first-order valence-electron chi connectivity index (χ1n) is 7.15. The molecule has 0 aromatic heterocycles. The molecule has 0 radical (unpaired) electrons. The number of likely N-dealkylation sites (tertiary alicyclic amines) is 1. The highest BCUT2D eigenvalue weighted by Crippen LogP contribution is 2.21. The fourth-order valence-electron chi connectivity index (χ4n) is 3.07. The number of Topliss-reactive ketones (excluding diaryl/α,β-unsaturated/α-hetero) is 1. The number of nitrogens with zero attached hydrogens (tertiary/aromatic N) is 1. The zero-order valence-electron chi connectivity index (χ0n) is 11.0. The molecule has 0 N–H and O–H groups in total. The predicted molar refractivity (Wildman–Crippen MR) is 68.1 cm³/mol. The van der Waals surface area contributed by atoms with Gasteiger partial charge in [0, 0.05) is 19.0 Å². The van der Waals surface area contributed by atoms with Gasteiger partial charge in [-0.2, -0.15) is 0 Å². The fraction of sp³-hybridized carbons (Fsp3) is 0.929. The first kappa shape index (κ1) is 13.0. The van der Waals surface area contributed by atoms with Crippen molar-refractivity contribution in [2.75, 3.05) is 26.3 Å². The Kier molecular flexibility index (Phi) is 4.99. The molecule has 2 atom stereocenters. The molecule has 0 amide bonds. The minimum atomic E-state index is 0.135. The number of rotatable bonds is 3. The number of hydrogen-bond donors (Lipinski definition) is 0. The van der Waals surface area contributed by atoms with Crippen molar-refractivity contribution in [3.8, 4) is 0 Å². The molecule has 2 unspecified atom stereocenters. The van der Waals surface area contributed by atoms with Gasteiger partial charge in [0.1, 0.15) is 5.78 Å². The van der Waals surface area contributed by atoms with E-state index in [1.54, 1.807) is 0 Å². The lowest BCUT2D eigenvalue weighted by Crippen LogP contribution is -2.43. The highest BCUT2D eigenvalue weighted by molar-refractivity contribution is 5.82. The summed E-state index contributed by atoms with van der Waals surface area (Å²) in [5.74, 6) is 0.547. The molecule has 0 saturated carbocycles. The molecular weight excluding hydrogens is 214 g/mol. The maximum absolute atomic E-state index is 11.8. The molecule has 17 heavy (non-hydrogen) atoms. The van der Waals surface area contributed by atoms with Gasteiger partial charge in [0.25, 0.3) is 0 Å². The lowest BCUT2D eigenvalue weighted by atomic mass is 9.98. The summed E-state index contributed by atoms with van der Waals surface area (Å²) in [4.78, 5) is 14.4. The SMILES string of the molecule is CCC1CCCCCN1CC1COCCC1=O. The second-order valence-electron chi connectivity index (χ2n) is 5.39. The maximum atomic E-state index is 11.8. The zero-order chi connectivity index (χ0) is 12.1. The maximum Gasteiger partial charge on any atom is 0.141 e. The first-order valence-corrected chi connectivity index (χ1v) is 7.15. The number of ketones is 1. The summed E-state index contributed by atoms with van der Waals surface area (Å²) in [6.45, 7) is 5.64. The number of carbonyl (C=O) groups excluding carboxylic acids is 1. The minimum absolute atomic E-state index is 0.135. The van der Waals surface area contributed by atoms with Crippen molar-refractivity contribution in [2.45, 2.75) is 51.5 Å². The molecule has 0 aromatic rings. The van der Waals surface area contributed by atoms with Crippen molar-refractivity contribution in [1.82, 2.24) is 4.90 Å². The molecule has 2 aliphatic heterocycles. The Labute approximate surface area is 105 Å². The van der Waals surface area contributed by atoms with Crippen LogP contribution in [0.25, 0.3) is 0 Å². The van der Waals surface area contributed by atoms with Gasteiger partial charge in [0.15, 0.2) is 0 Å². The second kappa shape index (κ2) is 6.50. The summed E-state index contributed by atoms with van der Waals surface area (Å²) >= 11 is 0. The molecule has 2 heterocycles. The molecule has 2 saturated heterocycles. The second-order valence-corrected chi connectivity index (χ2v) is 5.39. The van der Waals surface area contributed by atoms with Crippen LogP contribution in [0.15, 0.2) is 0 Å². The number of ether oxygens (including phenoxy) is 1. The van der Waals surface area contributed by atoms with Crippen LogP contribution < -0.4 is 0 Å². The van der Waals surface area contributed by atoms with E-state index in [9.17, 15) is 4.79 Å². The van der Waals surface area contributed by atoms with Gasteiger partial charge in [-0.3, -0.25) is 9.69 Å². The Morgan fingerprint density at radius 1 is 1.35 bits per heavy atom. The third-order valence-electron chi connectivity index (χ3n) is 4.19. The smallest absolute Gasteiger partial charge is 0.141 e. The highest BCUT2D eigenvalue weighted by Gasteiger charge is 2.28. The molecule has 0 aromatic carbocycles. The van der Waals surface area contributed by atoms with Crippen LogP contribution in [0.1, 0.15) is 45.4 Å². The van der Waals surface area contributed by atoms with Gasteiger partial charge in [0.05, 0.1) is 19.1 Å². The predicted octanol–water partition coefficient (Wildman–Crippen LogP) is 2.25. The lowest BCUT2D eigenvalue weighted by molar-refractivity contribution is -0.131. The average molecular weight is 239 g/mol. The van der Waals surface area contributed by atoms with Gasteiger partial charge in [-0.15, -0.1) is 0 Å². The molecule has 0 bridgehead atoms. The molecule has 98 valence electrons. The standard InChI is InChI=1S/C14H25NO2/c1-2-13-6-4-3-5-8-15(13)10-12-11-17-9-7-14(12)16/h12-13H,2-11H2,1H3. The molecule has 0 spiro atoms. The van der Waals surface area contributed by atoms with Crippen LogP contribution in [-0.4, -0.2) is 43.0 Å². The Bertz CT molecular complexity index is 255. The van der Waals surface area contributed by atoms with Gasteiger partial charge in [-0.1, -0.05) is 19.8 Å². The quantitative estimate of drug-likeness (QED) is 0.756. The van der Waals surface area contributed by atoms with Crippen LogP contribution in [0.3, 0.4) is 0 Å². The summed E-state index contributed by atoms with van der Waals surface area (Å²) < 4.78 is 5.45. The minimum Gasteiger partial charge on any atom is -0.380 e. The van der Waals surface area contributed by atoms with Crippen LogP contribution in [0.4, 0.5) is 0 Å². The van der Waals surface area contributed by atoms with E-state index in [1.165, 1.54) is 38.6 Å². The van der Waals surface area contributed by atoms with Crippen LogP contribution in [0.5, 0.6) is 0 Å². The summed E-state index contributed by atoms with van der Waals surface area (Å²) in [6.07, 6.45) is 7.12. The third-order valence-corrected chi connectivity index (χ3v) is 4.19. The third kappa shape index (κ3) is 3.52. The van der Waals surface area contributed by atoms with Gasteiger partial charge >= 0.3 is 0 Å². The van der Waals surface area contributed by atoms with Crippen LogP contribution in [0.2, 0.25) is 0 Å². The van der Waals surface area contributed by atoms with Gasteiger partial charge in [0.2, 0.25) is 0 Å². The number of carbonyl (C=O) groups is 1. The van der Waals surface area contributed by atoms with Gasteiger partial charge in [-0.25, -0.2) is 0 Å². The van der Waals surface area contributed by atoms with Gasteiger partial charge in [-0.05, 0) is 25.8 Å². The van der Waals surface area contributed by atoms with Crippen molar-refractivity contribution < 1.29 is 9.53 Å². The topological polar surface area (TPSA) is 29.5 Å². The zero-order valence-corrected chi connectivity index (χ0v) is 11.0. The van der Waals surface area contributed by atoms with Crippen LogP contribution in [-0.2, 0) is 9.53 Å². The Hall–Kier alpha value is -0.410. The summed E-state index contributed by atoms with van der Waals surface area (Å²) in [5.41, 5.74) is 0. The number of hydrogen-bond acceptors (Lipinski definition) is 3. The van der Waals surface area contributed by atoms with Crippen molar-refractivity contribution >= 4 is 5.78 Å². The Morgan fingerprint density at radius 3 is 3.00 bits per heavy atom.